The number of imidazole rings is 1. The molecule has 5 fully saturated rings. The second-order valence-electron chi connectivity index (χ2n) is 10.2. The van der Waals surface area contributed by atoms with Crippen molar-refractivity contribution >= 4 is 23.3 Å². The Morgan fingerprint density at radius 3 is 2.59 bits per heavy atom. The third-order valence-corrected chi connectivity index (χ3v) is 8.36. The molecule has 4 saturated heterocycles. The normalized spacial score (nSPS) is 37.3. The number of likely N-dealkylation sites (tertiary alicyclic amines) is 1. The van der Waals surface area contributed by atoms with E-state index >= 15 is 0 Å². The van der Waals surface area contributed by atoms with Gasteiger partial charge < -0.3 is 24.3 Å². The number of ether oxygens (including phenoxy) is 1. The number of carbonyl (C=O) groups is 2. The quantitative estimate of drug-likeness (QED) is 0.759. The van der Waals surface area contributed by atoms with Crippen LogP contribution in [-0.4, -0.2) is 75.5 Å². The number of aromatic nitrogens is 3. The highest BCUT2D eigenvalue weighted by Gasteiger charge is 2.61. The zero-order valence-corrected chi connectivity index (χ0v) is 18.0. The highest BCUT2D eigenvalue weighted by molar-refractivity contribution is 5.85. The van der Waals surface area contributed by atoms with Gasteiger partial charge in [-0.15, -0.1) is 0 Å². The molecular formula is C23H28N6O3. The third-order valence-electron chi connectivity index (χ3n) is 8.36. The molecule has 1 saturated carbocycles. The summed E-state index contributed by atoms with van der Waals surface area (Å²) in [6, 6.07) is 0.129. The van der Waals surface area contributed by atoms with Gasteiger partial charge >= 0.3 is 0 Å². The summed E-state index contributed by atoms with van der Waals surface area (Å²) in [4.78, 5) is 39.0. The van der Waals surface area contributed by atoms with Crippen LogP contribution in [0.2, 0.25) is 0 Å². The Kier molecular flexibility index (Phi) is 4.07. The summed E-state index contributed by atoms with van der Waals surface area (Å²) < 4.78 is 7.84. The van der Waals surface area contributed by atoms with E-state index in [4.69, 9.17) is 4.74 Å². The number of hydrogen-bond acceptors (Lipinski definition) is 6. The second-order valence-corrected chi connectivity index (χ2v) is 10.2. The standard InChI is InChI=1S/C23H28N6O3/c30-22(26-13-3-6-28(10-13)21-20-24-4-7-27(20)8-5-25-21)19-16-11-29(12-17(16)19)23(31)15-9-14-1-2-18(15)32-14/h4-5,7-8,13-19H,1-3,6,9-12H2,(H,26,30)/t13-,14-,15-,16-,17+,18+,19?/m0/s1. The minimum atomic E-state index is 0.0520. The molecule has 7 rings (SSSR count). The average molecular weight is 437 g/mol. The number of rotatable bonds is 4. The van der Waals surface area contributed by atoms with Crippen molar-refractivity contribution < 1.29 is 14.3 Å². The maximum atomic E-state index is 12.9. The lowest BCUT2D eigenvalue weighted by Gasteiger charge is -2.26. The van der Waals surface area contributed by atoms with E-state index in [9.17, 15) is 9.59 Å². The summed E-state index contributed by atoms with van der Waals surface area (Å²) in [7, 11) is 0. The van der Waals surface area contributed by atoms with Gasteiger partial charge in [-0.1, -0.05) is 0 Å². The van der Waals surface area contributed by atoms with Crippen LogP contribution in [0.25, 0.3) is 5.65 Å². The van der Waals surface area contributed by atoms with Crippen molar-refractivity contribution in [2.45, 2.75) is 43.9 Å². The summed E-state index contributed by atoms with van der Waals surface area (Å²) in [5, 5.41) is 3.27. The van der Waals surface area contributed by atoms with Gasteiger partial charge in [-0.2, -0.15) is 0 Å². The van der Waals surface area contributed by atoms with Gasteiger partial charge in [0.25, 0.3) is 0 Å². The Hall–Kier alpha value is -2.68. The van der Waals surface area contributed by atoms with Crippen LogP contribution < -0.4 is 10.2 Å². The SMILES string of the molecule is O=C(N[C@H]1CCN(c2nccn3ccnc23)C1)C1[C@H]2CN(C(=O)[C@H]3C[C@@H]4CC[C@H]3O4)C[C@@H]12. The summed E-state index contributed by atoms with van der Waals surface area (Å²) in [5.41, 5.74) is 0.849. The van der Waals surface area contributed by atoms with Crippen molar-refractivity contribution in [3.63, 3.8) is 0 Å². The maximum Gasteiger partial charge on any atom is 0.228 e. The van der Waals surface area contributed by atoms with Crippen LogP contribution in [0.1, 0.15) is 25.7 Å². The van der Waals surface area contributed by atoms with Crippen molar-refractivity contribution in [3.05, 3.63) is 24.8 Å². The molecule has 0 spiro atoms. The van der Waals surface area contributed by atoms with Crippen LogP contribution in [0.15, 0.2) is 24.8 Å². The first-order chi connectivity index (χ1) is 15.7. The summed E-state index contributed by atoms with van der Waals surface area (Å²) >= 11 is 0. The molecule has 2 aromatic rings. The number of anilines is 1. The lowest BCUT2D eigenvalue weighted by Crippen LogP contribution is -2.43. The number of hydrogen-bond donors (Lipinski definition) is 1. The number of carbonyl (C=O) groups excluding carboxylic acids is 2. The molecule has 0 radical (unpaired) electrons. The van der Waals surface area contributed by atoms with Crippen LogP contribution >= 0.6 is 0 Å². The van der Waals surface area contributed by atoms with Gasteiger partial charge in [0.05, 0.1) is 18.1 Å². The first-order valence-corrected chi connectivity index (χ1v) is 11.9. The van der Waals surface area contributed by atoms with Crippen LogP contribution in [0.4, 0.5) is 5.82 Å². The third kappa shape index (κ3) is 2.86. The first kappa shape index (κ1) is 18.8. The minimum Gasteiger partial charge on any atom is -0.374 e. The molecule has 1 N–H and O–H groups in total. The lowest BCUT2D eigenvalue weighted by atomic mass is 9.88. The van der Waals surface area contributed by atoms with E-state index in [0.717, 1.165) is 63.3 Å². The van der Waals surface area contributed by atoms with Crippen molar-refractivity contribution in [1.29, 1.82) is 0 Å². The summed E-state index contributed by atoms with van der Waals surface area (Å²) in [6.07, 6.45) is 11.7. The summed E-state index contributed by atoms with van der Waals surface area (Å²) in [6.45, 7) is 3.08. The first-order valence-electron chi connectivity index (χ1n) is 11.9. The Morgan fingerprint density at radius 2 is 1.84 bits per heavy atom. The molecule has 168 valence electrons. The topological polar surface area (TPSA) is 92.1 Å². The molecule has 7 atom stereocenters. The Morgan fingerprint density at radius 1 is 1.03 bits per heavy atom. The monoisotopic (exact) mass is 436 g/mol. The van der Waals surface area contributed by atoms with Gasteiger partial charge in [0.1, 0.15) is 0 Å². The van der Waals surface area contributed by atoms with Gasteiger partial charge in [0, 0.05) is 62.9 Å². The largest absolute Gasteiger partial charge is 0.374 e. The highest BCUT2D eigenvalue weighted by Crippen LogP contribution is 2.53. The van der Waals surface area contributed by atoms with E-state index in [-0.39, 0.29) is 35.8 Å². The predicted octanol–water partition coefficient (Wildman–Crippen LogP) is 0.696. The number of nitrogens with zero attached hydrogens (tertiary/aromatic N) is 5. The molecule has 1 unspecified atom stereocenters. The highest BCUT2D eigenvalue weighted by atomic mass is 16.5. The Bertz CT molecular complexity index is 1070. The van der Waals surface area contributed by atoms with Crippen molar-refractivity contribution in [2.24, 2.45) is 23.7 Å². The van der Waals surface area contributed by atoms with Crippen molar-refractivity contribution in [3.8, 4) is 0 Å². The Labute approximate surface area is 186 Å². The average Bonchev–Trinajstić information content (AvgIpc) is 3.49. The van der Waals surface area contributed by atoms with Crippen LogP contribution in [0, 0.1) is 23.7 Å². The molecule has 9 heteroatoms. The molecule has 1 aliphatic carbocycles. The van der Waals surface area contributed by atoms with E-state index in [1.807, 2.05) is 21.7 Å². The number of piperidine rings is 1. The second kappa shape index (κ2) is 6.91. The molecule has 6 heterocycles. The molecule has 2 amide bonds. The number of fused-ring (bicyclic) bond motifs is 4. The van der Waals surface area contributed by atoms with Gasteiger partial charge in [0.2, 0.25) is 11.8 Å². The molecule has 5 aliphatic rings. The Balaban J connectivity index is 0.933. The predicted molar refractivity (Wildman–Crippen MR) is 115 cm³/mol. The van der Waals surface area contributed by atoms with Gasteiger partial charge in [-0.25, -0.2) is 9.97 Å². The molecule has 4 aliphatic heterocycles. The smallest absolute Gasteiger partial charge is 0.228 e. The van der Waals surface area contributed by atoms with Gasteiger partial charge in [-0.3, -0.25) is 9.59 Å². The van der Waals surface area contributed by atoms with Crippen molar-refractivity contribution in [1.82, 2.24) is 24.6 Å². The fourth-order valence-electron chi connectivity index (χ4n) is 6.66. The van der Waals surface area contributed by atoms with Crippen molar-refractivity contribution in [2.75, 3.05) is 31.1 Å². The van der Waals surface area contributed by atoms with E-state index in [2.05, 4.69) is 20.2 Å². The molecule has 9 nitrogen and oxygen atoms in total. The number of amides is 2. The van der Waals surface area contributed by atoms with E-state index < -0.39 is 0 Å². The maximum absolute atomic E-state index is 12.9. The van der Waals surface area contributed by atoms with E-state index in [0.29, 0.717) is 17.9 Å². The molecule has 2 aromatic heterocycles. The minimum absolute atomic E-state index is 0.0520. The van der Waals surface area contributed by atoms with Crippen LogP contribution in [-0.2, 0) is 14.3 Å². The van der Waals surface area contributed by atoms with Crippen LogP contribution in [0.5, 0.6) is 0 Å². The molecule has 2 bridgehead atoms. The fraction of sp³-hybridized carbons (Fsp3) is 0.652. The fourth-order valence-corrected chi connectivity index (χ4v) is 6.66. The van der Waals surface area contributed by atoms with Gasteiger partial charge in [0.15, 0.2) is 11.5 Å². The zero-order chi connectivity index (χ0) is 21.4. The van der Waals surface area contributed by atoms with Crippen LogP contribution in [0.3, 0.4) is 0 Å². The van der Waals surface area contributed by atoms with Gasteiger partial charge in [-0.05, 0) is 37.5 Å². The molecular weight excluding hydrogens is 408 g/mol. The zero-order valence-electron chi connectivity index (χ0n) is 18.0. The summed E-state index contributed by atoms with van der Waals surface area (Å²) in [5.74, 6) is 2.07. The number of nitrogens with one attached hydrogen (secondary N) is 1. The van der Waals surface area contributed by atoms with E-state index in [1.54, 1.807) is 12.4 Å². The molecule has 0 aromatic carbocycles. The molecule has 32 heavy (non-hydrogen) atoms. The van der Waals surface area contributed by atoms with E-state index in [1.165, 1.54) is 0 Å². The lowest BCUT2D eigenvalue weighted by molar-refractivity contribution is -0.137.